The third-order valence-corrected chi connectivity index (χ3v) is 6.15. The summed E-state index contributed by atoms with van der Waals surface area (Å²) in [5, 5.41) is 11.2. The van der Waals surface area contributed by atoms with Gasteiger partial charge in [0.1, 0.15) is 5.75 Å². The largest absolute Gasteiger partial charge is 0.494 e. The van der Waals surface area contributed by atoms with Gasteiger partial charge in [-0.3, -0.25) is 4.79 Å². The molecule has 5 nitrogen and oxygen atoms in total. The molecule has 1 heterocycles. The van der Waals surface area contributed by atoms with Crippen molar-refractivity contribution in [3.8, 4) is 5.75 Å². The lowest BCUT2D eigenvalue weighted by Crippen LogP contribution is -2.25. The van der Waals surface area contributed by atoms with E-state index in [2.05, 4.69) is 21.6 Å². The Morgan fingerprint density at radius 1 is 1.21 bits per heavy atom. The second kappa shape index (κ2) is 10.6. The zero-order chi connectivity index (χ0) is 17.2. The smallest absolute Gasteiger partial charge is 0.230 e. The van der Waals surface area contributed by atoms with Crippen molar-refractivity contribution in [2.45, 2.75) is 34.7 Å². The number of aromatic nitrogens is 2. The van der Waals surface area contributed by atoms with E-state index in [1.807, 2.05) is 32.0 Å². The monoisotopic (exact) mass is 383 g/mol. The topological polar surface area (TPSA) is 64.1 Å². The first-order valence-electron chi connectivity index (χ1n) is 7.79. The molecule has 1 aromatic carbocycles. The summed E-state index contributed by atoms with van der Waals surface area (Å²) in [6.07, 6.45) is 0.944. The Kier molecular flexibility index (Phi) is 8.41. The highest BCUT2D eigenvalue weighted by Crippen LogP contribution is 2.32. The number of hydrogen-bond donors (Lipinski definition) is 1. The number of para-hydroxylation sites is 1. The molecule has 0 radical (unpaired) electrons. The van der Waals surface area contributed by atoms with Gasteiger partial charge in [-0.15, -0.1) is 10.2 Å². The minimum absolute atomic E-state index is 0.0388. The molecule has 2 aromatic rings. The lowest BCUT2D eigenvalue weighted by atomic mass is 10.2. The van der Waals surface area contributed by atoms with Crippen LogP contribution in [0.15, 0.2) is 32.9 Å². The van der Waals surface area contributed by atoms with E-state index in [0.717, 1.165) is 38.7 Å². The molecule has 0 aliphatic heterocycles. The molecule has 0 aliphatic carbocycles. The Labute approximate surface area is 155 Å². The predicted octanol–water partition coefficient (Wildman–Crippen LogP) is 3.85. The van der Waals surface area contributed by atoms with E-state index in [9.17, 15) is 4.79 Å². The maximum atomic E-state index is 11.6. The number of ether oxygens (including phenoxy) is 1. The molecule has 0 unspecified atom stereocenters. The molecule has 0 bridgehead atoms. The van der Waals surface area contributed by atoms with Crippen LogP contribution in [0.5, 0.6) is 5.75 Å². The molecule has 0 spiro atoms. The zero-order valence-electron chi connectivity index (χ0n) is 13.8. The van der Waals surface area contributed by atoms with E-state index in [4.69, 9.17) is 4.74 Å². The Morgan fingerprint density at radius 3 is 2.71 bits per heavy atom. The predicted molar refractivity (Wildman–Crippen MR) is 101 cm³/mol. The highest BCUT2D eigenvalue weighted by Gasteiger charge is 2.10. The van der Waals surface area contributed by atoms with Crippen molar-refractivity contribution in [2.24, 2.45) is 0 Å². The average molecular weight is 384 g/mol. The highest BCUT2D eigenvalue weighted by atomic mass is 32.2. The summed E-state index contributed by atoms with van der Waals surface area (Å²) >= 11 is 4.58. The van der Waals surface area contributed by atoms with Gasteiger partial charge in [0.15, 0.2) is 8.68 Å². The molecule has 0 fully saturated rings. The van der Waals surface area contributed by atoms with Gasteiger partial charge in [-0.1, -0.05) is 60.0 Å². The average Bonchev–Trinajstić information content (AvgIpc) is 3.05. The van der Waals surface area contributed by atoms with Gasteiger partial charge in [0.05, 0.1) is 12.4 Å². The Hall–Kier alpha value is -1.25. The Balaban J connectivity index is 1.82. The summed E-state index contributed by atoms with van der Waals surface area (Å²) < 4.78 is 7.36. The summed E-state index contributed by atoms with van der Waals surface area (Å²) in [6, 6.07) is 8.03. The number of nitrogens with one attached hydrogen (secondary N) is 1. The van der Waals surface area contributed by atoms with Crippen LogP contribution in [0.1, 0.15) is 25.8 Å². The van der Waals surface area contributed by atoms with Crippen molar-refractivity contribution >= 4 is 40.8 Å². The van der Waals surface area contributed by atoms with Crippen molar-refractivity contribution in [1.29, 1.82) is 0 Å². The molecule has 8 heteroatoms. The molecule has 1 amide bonds. The van der Waals surface area contributed by atoms with Crippen LogP contribution in [0.3, 0.4) is 0 Å². The van der Waals surface area contributed by atoms with E-state index in [-0.39, 0.29) is 5.91 Å². The summed E-state index contributed by atoms with van der Waals surface area (Å²) in [5.41, 5.74) is 1.15. The number of thioether (sulfide) groups is 2. The van der Waals surface area contributed by atoms with Crippen molar-refractivity contribution in [3.05, 3.63) is 29.8 Å². The van der Waals surface area contributed by atoms with Crippen molar-refractivity contribution in [2.75, 3.05) is 18.9 Å². The maximum absolute atomic E-state index is 11.6. The van der Waals surface area contributed by atoms with Crippen LogP contribution in [-0.4, -0.2) is 35.0 Å². The third kappa shape index (κ3) is 6.33. The molecule has 0 saturated heterocycles. The number of amides is 1. The number of hydrogen-bond acceptors (Lipinski definition) is 7. The molecule has 2 rings (SSSR count). The van der Waals surface area contributed by atoms with Gasteiger partial charge >= 0.3 is 0 Å². The number of carbonyl (C=O) groups excluding carboxylic acids is 1. The standard InChI is InChI=1S/C16H21N3O2S3/c1-3-9-17-14(20)11-23-16-19-18-15(24-16)22-10-12-7-5-6-8-13(12)21-4-2/h5-8H,3-4,9-11H2,1-2H3,(H,17,20). The fourth-order valence-corrected chi connectivity index (χ4v) is 4.66. The molecule has 1 N–H and O–H groups in total. The molecule has 0 atom stereocenters. The first-order chi connectivity index (χ1) is 11.7. The van der Waals surface area contributed by atoms with E-state index >= 15 is 0 Å². The third-order valence-electron chi connectivity index (χ3n) is 2.91. The van der Waals surface area contributed by atoms with Gasteiger partial charge in [-0.05, 0) is 19.4 Å². The lowest BCUT2D eigenvalue weighted by molar-refractivity contribution is -0.118. The van der Waals surface area contributed by atoms with Crippen LogP contribution < -0.4 is 10.1 Å². The van der Waals surface area contributed by atoms with Gasteiger partial charge in [0.2, 0.25) is 5.91 Å². The second-order valence-corrected chi connectivity index (χ2v) is 8.22. The van der Waals surface area contributed by atoms with Crippen LogP contribution in [-0.2, 0) is 10.5 Å². The van der Waals surface area contributed by atoms with E-state index in [0.29, 0.717) is 12.4 Å². The minimum atomic E-state index is 0.0388. The summed E-state index contributed by atoms with van der Waals surface area (Å²) in [6.45, 7) is 5.39. The van der Waals surface area contributed by atoms with Crippen molar-refractivity contribution < 1.29 is 9.53 Å². The number of nitrogens with zero attached hydrogens (tertiary/aromatic N) is 2. The summed E-state index contributed by atoms with van der Waals surface area (Å²) in [4.78, 5) is 11.6. The molecule has 0 saturated carbocycles. The van der Waals surface area contributed by atoms with Crippen LogP contribution in [0.4, 0.5) is 0 Å². The van der Waals surface area contributed by atoms with E-state index < -0.39 is 0 Å². The fraction of sp³-hybridized carbons (Fsp3) is 0.438. The summed E-state index contributed by atoms with van der Waals surface area (Å²) in [5.74, 6) is 2.12. The van der Waals surface area contributed by atoms with Crippen LogP contribution in [0.25, 0.3) is 0 Å². The molecular weight excluding hydrogens is 362 g/mol. The Morgan fingerprint density at radius 2 is 1.96 bits per heavy atom. The fourth-order valence-electron chi connectivity index (χ4n) is 1.82. The van der Waals surface area contributed by atoms with Gasteiger partial charge in [-0.2, -0.15) is 0 Å². The highest BCUT2D eigenvalue weighted by molar-refractivity contribution is 8.03. The van der Waals surface area contributed by atoms with Gasteiger partial charge < -0.3 is 10.1 Å². The number of benzene rings is 1. The quantitative estimate of drug-likeness (QED) is 0.629. The summed E-state index contributed by atoms with van der Waals surface area (Å²) in [7, 11) is 0. The molecular formula is C16H21N3O2S3. The second-order valence-electron chi connectivity index (χ2n) is 4.80. The van der Waals surface area contributed by atoms with Crippen LogP contribution in [0.2, 0.25) is 0 Å². The normalized spacial score (nSPS) is 10.6. The van der Waals surface area contributed by atoms with Crippen LogP contribution >= 0.6 is 34.9 Å². The zero-order valence-corrected chi connectivity index (χ0v) is 16.2. The molecule has 0 aliphatic rings. The van der Waals surface area contributed by atoms with Crippen molar-refractivity contribution in [3.63, 3.8) is 0 Å². The lowest BCUT2D eigenvalue weighted by Gasteiger charge is -2.08. The molecule has 24 heavy (non-hydrogen) atoms. The molecule has 1 aromatic heterocycles. The van der Waals surface area contributed by atoms with Crippen LogP contribution in [0, 0.1) is 0 Å². The van der Waals surface area contributed by atoms with Gasteiger partial charge in [0.25, 0.3) is 0 Å². The van der Waals surface area contributed by atoms with E-state index in [1.54, 1.807) is 11.8 Å². The van der Waals surface area contributed by atoms with E-state index in [1.165, 1.54) is 23.1 Å². The molecule has 130 valence electrons. The van der Waals surface area contributed by atoms with Gasteiger partial charge in [-0.25, -0.2) is 0 Å². The first-order valence-corrected chi connectivity index (χ1v) is 10.6. The van der Waals surface area contributed by atoms with Gasteiger partial charge in [0, 0.05) is 17.9 Å². The minimum Gasteiger partial charge on any atom is -0.494 e. The number of carbonyl (C=O) groups is 1. The van der Waals surface area contributed by atoms with Crippen molar-refractivity contribution in [1.82, 2.24) is 15.5 Å². The maximum Gasteiger partial charge on any atom is 0.230 e. The number of rotatable bonds is 10. The Bertz CT molecular complexity index is 649. The first kappa shape index (κ1) is 19.1. The SMILES string of the molecule is CCCNC(=O)CSc1nnc(SCc2ccccc2OCC)s1.